The van der Waals surface area contributed by atoms with E-state index in [1.807, 2.05) is 0 Å². The van der Waals surface area contributed by atoms with E-state index < -0.39 is 0 Å². The molecule has 1 fully saturated rings. The fraction of sp³-hybridized carbons (Fsp3) is 0.308. The first kappa shape index (κ1) is 10.1. The Morgan fingerprint density at radius 1 is 0.643 bits per heavy atom. The van der Waals surface area contributed by atoms with E-state index in [1.165, 1.54) is 0 Å². The van der Waals surface area contributed by atoms with E-state index in [0.717, 1.165) is 11.8 Å². The number of hydrogen-bond donors (Lipinski definition) is 0. The van der Waals surface area contributed by atoms with Gasteiger partial charge in [0.2, 0.25) is 0 Å². The van der Waals surface area contributed by atoms with Crippen molar-refractivity contribution in [3.8, 4) is 0 Å². The van der Waals surface area contributed by atoms with Crippen molar-refractivity contribution in [2.45, 2.75) is 0 Å². The van der Waals surface area contributed by atoms with E-state index in [9.17, 15) is 0 Å². The predicted octanol–water partition coefficient (Wildman–Crippen LogP) is -0.0749. The first-order valence-corrected chi connectivity index (χ1v) is 5.00. The van der Waals surface area contributed by atoms with Gasteiger partial charge in [0.25, 0.3) is 0 Å². The molecule has 3 rings (SSSR count). The van der Waals surface area contributed by atoms with Crippen molar-refractivity contribution < 1.29 is 18.9 Å². The molecule has 14 heavy (non-hydrogen) atoms. The summed E-state index contributed by atoms with van der Waals surface area (Å²) in [5.74, 6) is 2.78. The van der Waals surface area contributed by atoms with Gasteiger partial charge in [-0.2, -0.15) is 0 Å². The molecule has 1 heteroatoms. The first-order valence-electron chi connectivity index (χ1n) is 5.00. The van der Waals surface area contributed by atoms with Crippen LogP contribution in [0.5, 0.6) is 0 Å². The van der Waals surface area contributed by atoms with Gasteiger partial charge >= 0.3 is 18.9 Å². The van der Waals surface area contributed by atoms with Gasteiger partial charge in [-0.05, 0) is 11.8 Å². The van der Waals surface area contributed by atoms with Crippen LogP contribution >= 0.6 is 0 Å². The molecule has 0 spiro atoms. The van der Waals surface area contributed by atoms with Crippen LogP contribution in [0.15, 0.2) is 48.6 Å². The average Bonchev–Trinajstić information content (AvgIpc) is 2.56. The zero-order valence-corrected chi connectivity index (χ0v) is 8.51. The summed E-state index contributed by atoms with van der Waals surface area (Å²) in [6, 6.07) is 0. The normalized spacial score (nSPS) is 41.7. The Labute approximate surface area is 97.6 Å². The van der Waals surface area contributed by atoms with Gasteiger partial charge < -0.3 is 6.42 Å². The maximum atomic E-state index is 2.48. The van der Waals surface area contributed by atoms with Gasteiger partial charge in [-0.3, -0.25) is 0 Å². The SMILES string of the molecule is C1=CC2[CH-]C3C=CC=CC3C2C=C1.[Li+]. The summed E-state index contributed by atoms with van der Waals surface area (Å²) < 4.78 is 0. The second-order valence-electron chi connectivity index (χ2n) is 4.04. The Morgan fingerprint density at radius 3 is 1.57 bits per heavy atom. The monoisotopic (exact) mass is 176 g/mol. The van der Waals surface area contributed by atoms with Crippen LogP contribution in [0.4, 0.5) is 0 Å². The zero-order valence-electron chi connectivity index (χ0n) is 8.51. The Kier molecular flexibility index (Phi) is 2.86. The molecular weight excluding hydrogens is 163 g/mol. The third-order valence-corrected chi connectivity index (χ3v) is 3.33. The van der Waals surface area contributed by atoms with Gasteiger partial charge in [0.05, 0.1) is 0 Å². The van der Waals surface area contributed by atoms with Crippen LogP contribution in [0.1, 0.15) is 0 Å². The average molecular weight is 176 g/mol. The molecule has 66 valence electrons. The van der Waals surface area contributed by atoms with Gasteiger partial charge in [-0.15, -0.1) is 24.0 Å². The quantitative estimate of drug-likeness (QED) is 0.358. The number of fused-ring (bicyclic) bond motifs is 3. The van der Waals surface area contributed by atoms with Gasteiger partial charge in [0.1, 0.15) is 0 Å². The van der Waals surface area contributed by atoms with Crippen LogP contribution in [0.2, 0.25) is 0 Å². The summed E-state index contributed by atoms with van der Waals surface area (Å²) in [6.07, 6.45) is 20.5. The molecule has 0 aromatic carbocycles. The summed E-state index contributed by atoms with van der Waals surface area (Å²) in [4.78, 5) is 0. The van der Waals surface area contributed by atoms with Crippen LogP contribution in [-0.2, 0) is 0 Å². The van der Waals surface area contributed by atoms with Crippen molar-refractivity contribution in [3.63, 3.8) is 0 Å². The van der Waals surface area contributed by atoms with E-state index >= 15 is 0 Å². The Balaban J connectivity index is 0.000000750. The maximum absolute atomic E-state index is 2.48. The molecule has 0 N–H and O–H groups in total. The van der Waals surface area contributed by atoms with Crippen molar-refractivity contribution in [2.75, 3.05) is 0 Å². The number of allylic oxidation sites excluding steroid dienone is 8. The van der Waals surface area contributed by atoms with Gasteiger partial charge in [-0.25, -0.2) is 0 Å². The topological polar surface area (TPSA) is 0 Å². The molecule has 1 saturated carbocycles. The number of hydrogen-bond acceptors (Lipinski definition) is 0. The van der Waals surface area contributed by atoms with Crippen molar-refractivity contribution in [1.29, 1.82) is 0 Å². The van der Waals surface area contributed by atoms with Gasteiger partial charge in [0, 0.05) is 0 Å². The summed E-state index contributed by atoms with van der Waals surface area (Å²) >= 11 is 0. The Morgan fingerprint density at radius 2 is 1.07 bits per heavy atom. The third kappa shape index (κ3) is 1.47. The molecule has 3 aliphatic rings. The predicted molar refractivity (Wildman–Crippen MR) is 54.8 cm³/mol. The maximum Gasteiger partial charge on any atom is 1.00 e. The molecule has 3 aliphatic carbocycles. The second kappa shape index (κ2) is 3.97. The smallest absolute Gasteiger partial charge is 0.314 e. The standard InChI is InChI=1S/C13H13.Li/c1-3-7-12-10(5-1)9-11-6-2-4-8-13(11)12;/h1-13H;/q-1;+1. The fourth-order valence-corrected chi connectivity index (χ4v) is 2.69. The van der Waals surface area contributed by atoms with Crippen LogP contribution in [0.3, 0.4) is 0 Å². The van der Waals surface area contributed by atoms with Gasteiger partial charge in [-0.1, -0.05) is 36.5 Å². The summed E-state index contributed by atoms with van der Waals surface area (Å²) in [5.41, 5.74) is 0. The van der Waals surface area contributed by atoms with E-state index in [-0.39, 0.29) is 18.9 Å². The number of rotatable bonds is 0. The molecule has 0 nitrogen and oxygen atoms in total. The zero-order chi connectivity index (χ0) is 8.67. The minimum absolute atomic E-state index is 0. The van der Waals surface area contributed by atoms with E-state index in [1.54, 1.807) is 0 Å². The fourth-order valence-electron chi connectivity index (χ4n) is 2.69. The van der Waals surface area contributed by atoms with Crippen molar-refractivity contribution >= 4 is 0 Å². The molecule has 0 amide bonds. The van der Waals surface area contributed by atoms with Crippen LogP contribution in [0, 0.1) is 30.1 Å². The van der Waals surface area contributed by atoms with Crippen LogP contribution in [-0.4, -0.2) is 0 Å². The van der Waals surface area contributed by atoms with Crippen LogP contribution < -0.4 is 18.9 Å². The largest absolute Gasteiger partial charge is 1.00 e. The van der Waals surface area contributed by atoms with Gasteiger partial charge in [0.15, 0.2) is 0 Å². The molecule has 0 radical (unpaired) electrons. The van der Waals surface area contributed by atoms with Crippen molar-refractivity contribution in [1.82, 2.24) is 0 Å². The molecular formula is C13H13Li. The van der Waals surface area contributed by atoms with E-state index in [4.69, 9.17) is 0 Å². The van der Waals surface area contributed by atoms with Crippen molar-refractivity contribution in [3.05, 3.63) is 55.0 Å². The molecule has 4 unspecified atom stereocenters. The Bertz CT molecular complexity index is 290. The van der Waals surface area contributed by atoms with E-state index in [0.29, 0.717) is 11.8 Å². The minimum Gasteiger partial charge on any atom is -0.314 e. The third-order valence-electron chi connectivity index (χ3n) is 3.33. The van der Waals surface area contributed by atoms with E-state index in [2.05, 4.69) is 55.0 Å². The molecule has 0 saturated heterocycles. The molecule has 4 atom stereocenters. The summed E-state index contributed by atoms with van der Waals surface area (Å²) in [5, 5.41) is 0. The van der Waals surface area contributed by atoms with Crippen LogP contribution in [0.25, 0.3) is 0 Å². The first-order chi connectivity index (χ1) is 6.45. The minimum atomic E-state index is 0. The Hall–Kier alpha value is -0.443. The molecule has 0 aromatic heterocycles. The molecule has 0 aromatic rings. The molecule has 0 heterocycles. The van der Waals surface area contributed by atoms with Crippen molar-refractivity contribution in [2.24, 2.45) is 23.7 Å². The molecule has 0 bridgehead atoms. The molecule has 0 aliphatic heterocycles. The summed E-state index contributed by atoms with van der Waals surface area (Å²) in [7, 11) is 0. The second-order valence-corrected chi connectivity index (χ2v) is 4.04. The summed E-state index contributed by atoms with van der Waals surface area (Å²) in [6.45, 7) is 0.